The van der Waals surface area contributed by atoms with E-state index in [0.29, 0.717) is 19.3 Å². The number of ether oxygens (including phenoxy) is 2. The molecule has 5 N–H and O–H groups in total. The molecule has 2 unspecified atom stereocenters. The minimum atomic E-state index is -4.87. The zero-order chi connectivity index (χ0) is 39.8. The van der Waals surface area contributed by atoms with E-state index in [4.69, 9.17) is 23.8 Å². The number of aliphatic hydroxyl groups is 2. The number of aliphatic hydroxyl groups excluding tert-OH is 2. The first-order chi connectivity index (χ1) is 25.1. The van der Waals surface area contributed by atoms with Gasteiger partial charge in [0.15, 0.2) is 6.10 Å². The van der Waals surface area contributed by atoms with Crippen LogP contribution in [0.15, 0.2) is 36.5 Å². The molecule has 0 amide bonds. The highest BCUT2D eigenvalue weighted by molar-refractivity contribution is 7.47. The summed E-state index contributed by atoms with van der Waals surface area (Å²) in [5.74, 6) is -0.373. The van der Waals surface area contributed by atoms with E-state index in [1.807, 2.05) is 37.3 Å². The Hall–Kier alpha value is -1.70. The molecule has 14 nitrogen and oxygen atoms in total. The maximum atomic E-state index is 12.6. The van der Waals surface area contributed by atoms with Gasteiger partial charge in [-0.25, -0.2) is 9.13 Å². The van der Waals surface area contributed by atoms with E-state index >= 15 is 0 Å². The van der Waals surface area contributed by atoms with Crippen LogP contribution in [0.3, 0.4) is 0 Å². The van der Waals surface area contributed by atoms with Gasteiger partial charge in [-0.15, -0.1) is 0 Å². The monoisotopic (exact) mass is 798 g/mol. The Bertz CT molecular complexity index is 1120. The lowest BCUT2D eigenvalue weighted by Gasteiger charge is -2.20. The molecule has 0 saturated heterocycles. The Balaban J connectivity index is 4.66. The third kappa shape index (κ3) is 37.0. The maximum absolute atomic E-state index is 12.6. The highest BCUT2D eigenvalue weighted by Gasteiger charge is 2.28. The van der Waals surface area contributed by atoms with Crippen molar-refractivity contribution >= 4 is 27.6 Å². The number of phosphoric acid groups is 2. The summed E-state index contributed by atoms with van der Waals surface area (Å²) in [6, 6.07) is 0. The van der Waals surface area contributed by atoms with Gasteiger partial charge < -0.3 is 34.4 Å². The fraction of sp³-hybridized carbons (Fsp3) is 0.784. The van der Waals surface area contributed by atoms with E-state index in [1.165, 1.54) is 25.7 Å². The van der Waals surface area contributed by atoms with Crippen LogP contribution in [0.2, 0.25) is 0 Å². The van der Waals surface area contributed by atoms with Gasteiger partial charge in [-0.2, -0.15) is 0 Å². The second-order valence-electron chi connectivity index (χ2n) is 13.5. The van der Waals surface area contributed by atoms with Gasteiger partial charge >= 0.3 is 27.6 Å². The van der Waals surface area contributed by atoms with Crippen molar-refractivity contribution in [3.63, 3.8) is 0 Å². The number of hydrogen-bond donors (Lipinski definition) is 5. The summed E-state index contributed by atoms with van der Waals surface area (Å²) in [4.78, 5) is 52.4. The molecule has 0 rings (SSSR count). The molecule has 4 atom stereocenters. The number of unbranched alkanes of at least 4 members (excludes halogenated alkanes) is 11. The highest BCUT2D eigenvalue weighted by atomic mass is 31.2. The van der Waals surface area contributed by atoms with Crippen LogP contribution < -0.4 is 0 Å². The average molecular weight is 799 g/mol. The van der Waals surface area contributed by atoms with Gasteiger partial charge in [-0.3, -0.25) is 23.2 Å². The molecule has 0 saturated carbocycles. The number of rotatable bonds is 35. The first-order valence-corrected chi connectivity index (χ1v) is 22.2. The van der Waals surface area contributed by atoms with Crippen LogP contribution in [-0.2, 0) is 41.8 Å². The molecule has 0 fully saturated rings. The zero-order valence-corrected chi connectivity index (χ0v) is 33.9. The summed E-state index contributed by atoms with van der Waals surface area (Å²) in [6.45, 7) is 3.71. The summed E-state index contributed by atoms with van der Waals surface area (Å²) in [5.41, 5.74) is 0. The minimum Gasteiger partial charge on any atom is -0.462 e. The van der Waals surface area contributed by atoms with E-state index in [0.717, 1.165) is 63.7 Å². The highest BCUT2D eigenvalue weighted by Crippen LogP contribution is 2.43. The number of carbonyl (C=O) groups excluding carboxylic acids is 2. The van der Waals surface area contributed by atoms with Gasteiger partial charge in [0.25, 0.3) is 0 Å². The van der Waals surface area contributed by atoms with E-state index in [1.54, 1.807) is 6.08 Å². The average Bonchev–Trinajstić information content (AvgIpc) is 3.09. The van der Waals surface area contributed by atoms with Crippen molar-refractivity contribution in [1.29, 1.82) is 0 Å². The van der Waals surface area contributed by atoms with Crippen molar-refractivity contribution in [1.82, 2.24) is 0 Å². The van der Waals surface area contributed by atoms with Crippen LogP contribution in [-0.4, -0.2) is 81.6 Å². The fourth-order valence-corrected chi connectivity index (χ4v) is 6.02. The Morgan fingerprint density at radius 2 is 1.23 bits per heavy atom. The summed E-state index contributed by atoms with van der Waals surface area (Å²) in [6.07, 6.45) is 23.7. The molecule has 0 aliphatic heterocycles. The van der Waals surface area contributed by atoms with Crippen LogP contribution >= 0.6 is 15.6 Å². The van der Waals surface area contributed by atoms with Crippen molar-refractivity contribution in [3.05, 3.63) is 36.5 Å². The van der Waals surface area contributed by atoms with Crippen molar-refractivity contribution in [3.8, 4) is 0 Å². The predicted molar refractivity (Wildman–Crippen MR) is 204 cm³/mol. The lowest BCUT2D eigenvalue weighted by Crippen LogP contribution is -2.30. The SMILES string of the molecule is CC/C=C/CC(O)/C=C/C=C/CCCCCCCC(=O)O[C@H](COC(=O)CCCCCCCCCC(C)C)COP(=O)(O)OC[C@@H](O)COP(=O)(O)O. The molecule has 310 valence electrons. The molecule has 0 radical (unpaired) electrons. The summed E-state index contributed by atoms with van der Waals surface area (Å²) in [7, 11) is -9.68. The Morgan fingerprint density at radius 3 is 1.85 bits per heavy atom. The predicted octanol–water partition coefficient (Wildman–Crippen LogP) is 7.77. The molecule has 0 aromatic carbocycles. The summed E-state index contributed by atoms with van der Waals surface area (Å²) in [5, 5.41) is 19.6. The van der Waals surface area contributed by atoms with E-state index in [-0.39, 0.29) is 12.8 Å². The van der Waals surface area contributed by atoms with Crippen LogP contribution in [0.4, 0.5) is 0 Å². The van der Waals surface area contributed by atoms with Crippen LogP contribution in [0.5, 0.6) is 0 Å². The molecule has 0 spiro atoms. The molecule has 0 bridgehead atoms. The maximum Gasteiger partial charge on any atom is 0.472 e. The van der Waals surface area contributed by atoms with Gasteiger partial charge in [0.1, 0.15) is 12.7 Å². The normalized spacial score (nSPS) is 15.3. The van der Waals surface area contributed by atoms with Crippen LogP contribution in [0.1, 0.15) is 136 Å². The van der Waals surface area contributed by atoms with Crippen LogP contribution in [0.25, 0.3) is 0 Å². The number of hydrogen-bond acceptors (Lipinski definition) is 11. The lowest BCUT2D eigenvalue weighted by molar-refractivity contribution is -0.161. The van der Waals surface area contributed by atoms with Gasteiger partial charge in [0.05, 0.1) is 25.9 Å². The van der Waals surface area contributed by atoms with Gasteiger partial charge in [-0.1, -0.05) is 121 Å². The Morgan fingerprint density at radius 1 is 0.660 bits per heavy atom. The van der Waals surface area contributed by atoms with E-state index < -0.39 is 72.3 Å². The fourth-order valence-electron chi connectivity index (χ4n) is 4.86. The quantitative estimate of drug-likeness (QED) is 0.0136. The molecule has 0 aromatic rings. The van der Waals surface area contributed by atoms with E-state index in [9.17, 15) is 33.8 Å². The molecular weight excluding hydrogens is 730 g/mol. The molecule has 0 aliphatic carbocycles. The van der Waals surface area contributed by atoms with Crippen LogP contribution in [0, 0.1) is 5.92 Å². The largest absolute Gasteiger partial charge is 0.472 e. The first kappa shape index (κ1) is 51.3. The summed E-state index contributed by atoms with van der Waals surface area (Å²) >= 11 is 0. The Labute approximate surface area is 317 Å². The van der Waals surface area contributed by atoms with Crippen molar-refractivity contribution in [2.75, 3.05) is 26.4 Å². The Kier molecular flexibility index (Phi) is 31.5. The van der Waals surface area contributed by atoms with Gasteiger partial charge in [0.2, 0.25) is 0 Å². The van der Waals surface area contributed by atoms with Gasteiger partial charge in [-0.05, 0) is 44.4 Å². The third-order valence-electron chi connectivity index (χ3n) is 7.79. The second kappa shape index (κ2) is 32.5. The zero-order valence-electron chi connectivity index (χ0n) is 32.1. The number of carbonyl (C=O) groups is 2. The molecule has 0 aromatic heterocycles. The van der Waals surface area contributed by atoms with Crippen molar-refractivity contribution in [2.45, 2.75) is 155 Å². The molecule has 53 heavy (non-hydrogen) atoms. The van der Waals surface area contributed by atoms with Crippen molar-refractivity contribution in [2.24, 2.45) is 5.92 Å². The number of phosphoric ester groups is 2. The molecule has 0 heterocycles. The summed E-state index contributed by atoms with van der Waals surface area (Å²) < 4.78 is 47.5. The minimum absolute atomic E-state index is 0.0848. The smallest absolute Gasteiger partial charge is 0.462 e. The number of esters is 2. The molecular formula is C37H68O14P2. The van der Waals surface area contributed by atoms with Gasteiger partial charge in [0, 0.05) is 12.8 Å². The number of allylic oxidation sites excluding steroid dienone is 4. The molecule has 0 aliphatic rings. The first-order valence-electron chi connectivity index (χ1n) is 19.1. The molecule has 16 heteroatoms. The standard InChI is InChI=1S/C37H68O14P2/c1-4-5-18-24-33(38)25-20-15-11-7-6-8-12-17-22-27-37(41)51-35(31-50-53(45,46)49-29-34(39)28-48-52(42,43)44)30-47-36(40)26-21-16-13-9-10-14-19-23-32(2)3/h5,11,15,18,20,25,32-35,38-39H,4,6-10,12-14,16-17,19,21-24,26-31H2,1-3H3,(H,45,46)(H2,42,43,44)/b15-11+,18-5+,25-20+/t33?,34-,35+/m0/s1. The second-order valence-corrected chi connectivity index (χ2v) is 16.2. The third-order valence-corrected chi connectivity index (χ3v) is 9.23. The van der Waals surface area contributed by atoms with Crippen molar-refractivity contribution < 1.29 is 66.7 Å². The van der Waals surface area contributed by atoms with E-state index in [2.05, 4.69) is 22.9 Å². The topological polar surface area (TPSA) is 216 Å². The lowest BCUT2D eigenvalue weighted by atomic mass is 10.0.